The molecule has 0 unspecified atom stereocenters. The average Bonchev–Trinajstić information content (AvgIpc) is 3.30. The highest BCUT2D eigenvalue weighted by molar-refractivity contribution is 6.30. The normalized spacial score (nSPS) is 15.2. The number of carbonyl (C=O) groups is 1. The zero-order valence-electron chi connectivity index (χ0n) is 19.0. The third kappa shape index (κ3) is 5.26. The lowest BCUT2D eigenvalue weighted by Gasteiger charge is -2.23. The third-order valence-electron chi connectivity index (χ3n) is 5.98. The monoisotopic (exact) mass is 494 g/mol. The van der Waals surface area contributed by atoms with E-state index in [2.05, 4.69) is 25.7 Å². The van der Waals surface area contributed by atoms with Gasteiger partial charge in [0, 0.05) is 49.6 Å². The highest BCUT2D eigenvalue weighted by Gasteiger charge is 2.22. The van der Waals surface area contributed by atoms with E-state index >= 15 is 0 Å². The van der Waals surface area contributed by atoms with Crippen LogP contribution in [-0.4, -0.2) is 44.9 Å². The quantitative estimate of drug-likeness (QED) is 0.416. The Bertz CT molecular complexity index is 1370. The summed E-state index contributed by atoms with van der Waals surface area (Å²) in [4.78, 5) is 22.3. The summed E-state index contributed by atoms with van der Waals surface area (Å²) in [6.45, 7) is 1.43. The van der Waals surface area contributed by atoms with Crippen LogP contribution in [-0.2, 0) is 11.8 Å². The first-order valence-corrected chi connectivity index (χ1v) is 11.7. The molecule has 35 heavy (non-hydrogen) atoms. The van der Waals surface area contributed by atoms with Crippen molar-refractivity contribution in [1.29, 1.82) is 0 Å². The minimum absolute atomic E-state index is 0.0132. The van der Waals surface area contributed by atoms with Crippen molar-refractivity contribution in [3.8, 4) is 0 Å². The molecule has 1 aliphatic heterocycles. The third-order valence-corrected chi connectivity index (χ3v) is 6.29. The number of hydrogen-bond acceptors (Lipinski definition) is 6. The van der Waals surface area contributed by atoms with Crippen LogP contribution in [0.3, 0.4) is 0 Å². The molecule has 0 radical (unpaired) electrons. The number of carbonyl (C=O) groups excluding carboxylic acids is 1. The Morgan fingerprint density at radius 2 is 2.03 bits per heavy atom. The molecule has 2 aromatic heterocycles. The van der Waals surface area contributed by atoms with Crippen LogP contribution in [0.5, 0.6) is 0 Å². The van der Waals surface area contributed by atoms with Gasteiger partial charge in [0.2, 0.25) is 5.95 Å². The van der Waals surface area contributed by atoms with Gasteiger partial charge in [-0.1, -0.05) is 23.7 Å². The number of hydrogen-bond donors (Lipinski definition) is 2. The molecule has 1 aliphatic rings. The molecule has 180 valence electrons. The molecule has 0 bridgehead atoms. The van der Waals surface area contributed by atoms with Crippen LogP contribution in [0, 0.1) is 5.82 Å². The summed E-state index contributed by atoms with van der Waals surface area (Å²) in [6.07, 6.45) is 5.29. The molecule has 3 heterocycles. The molecule has 0 saturated carbocycles. The van der Waals surface area contributed by atoms with E-state index < -0.39 is 11.9 Å². The molecule has 2 N–H and O–H groups in total. The number of benzene rings is 2. The van der Waals surface area contributed by atoms with Gasteiger partial charge in [0.05, 0.1) is 22.3 Å². The highest BCUT2D eigenvalue weighted by atomic mass is 35.5. The second kappa shape index (κ2) is 9.97. The molecule has 1 amide bonds. The number of ether oxygens (including phenoxy) is 1. The van der Waals surface area contributed by atoms with Crippen LogP contribution in [0.15, 0.2) is 54.9 Å². The maximum absolute atomic E-state index is 14.2. The van der Waals surface area contributed by atoms with E-state index in [1.807, 2.05) is 0 Å². The minimum atomic E-state index is -0.665. The summed E-state index contributed by atoms with van der Waals surface area (Å²) in [5.74, 6) is -0.383. The fourth-order valence-electron chi connectivity index (χ4n) is 4.08. The summed E-state index contributed by atoms with van der Waals surface area (Å²) < 4.78 is 21.2. The Morgan fingerprint density at radius 1 is 1.20 bits per heavy atom. The van der Waals surface area contributed by atoms with Crippen LogP contribution in [0.4, 0.5) is 10.3 Å². The van der Waals surface area contributed by atoms with Gasteiger partial charge < -0.3 is 15.4 Å². The predicted molar refractivity (Wildman–Crippen MR) is 131 cm³/mol. The maximum Gasteiger partial charge on any atom is 0.252 e. The van der Waals surface area contributed by atoms with Crippen LogP contribution < -0.4 is 10.6 Å². The zero-order valence-corrected chi connectivity index (χ0v) is 19.8. The van der Waals surface area contributed by atoms with Crippen LogP contribution in [0.2, 0.25) is 5.02 Å². The van der Waals surface area contributed by atoms with Crippen LogP contribution in [0.25, 0.3) is 10.9 Å². The van der Waals surface area contributed by atoms with Gasteiger partial charge in [0.25, 0.3) is 5.91 Å². The Hall–Kier alpha value is -3.56. The number of aryl methyl sites for hydroxylation is 1. The molecular weight excluding hydrogens is 471 g/mol. The highest BCUT2D eigenvalue weighted by Crippen LogP contribution is 2.26. The first kappa shape index (κ1) is 23.2. The van der Waals surface area contributed by atoms with Crippen LogP contribution >= 0.6 is 11.6 Å². The molecule has 0 spiro atoms. The van der Waals surface area contributed by atoms with Crippen molar-refractivity contribution in [3.05, 3.63) is 82.5 Å². The number of rotatable bonds is 6. The summed E-state index contributed by atoms with van der Waals surface area (Å²) in [5.41, 5.74) is 2.18. The SMILES string of the molecule is Cn1ccc([C@@H](NC(=O)c2ccc3cnc(NC4CCOCC4)nc3c2)c2ccc(Cl)c(F)c2)n1. The molecule has 2 aromatic carbocycles. The van der Waals surface area contributed by atoms with E-state index in [4.69, 9.17) is 16.3 Å². The van der Waals surface area contributed by atoms with E-state index in [0.29, 0.717) is 41.5 Å². The molecule has 8 nitrogen and oxygen atoms in total. The standard InChI is InChI=1S/C25H24ClFN6O2/c1-33-9-6-21(32-33)23(15-4-5-19(26)20(27)12-15)31-24(34)16-2-3-17-14-28-25(30-22(17)13-16)29-18-7-10-35-11-8-18/h2-6,9,12-14,18,23H,7-8,10-11H2,1H3,(H,31,34)(H,28,29,30)/t23-/m0/s1. The topological polar surface area (TPSA) is 94.0 Å². The lowest BCUT2D eigenvalue weighted by molar-refractivity contribution is 0.0903. The number of nitrogens with one attached hydrogen (secondary N) is 2. The van der Waals surface area contributed by atoms with Crippen molar-refractivity contribution in [3.63, 3.8) is 0 Å². The average molecular weight is 495 g/mol. The van der Waals surface area contributed by atoms with Gasteiger partial charge >= 0.3 is 0 Å². The van der Waals surface area contributed by atoms with E-state index in [1.54, 1.807) is 54.5 Å². The van der Waals surface area contributed by atoms with Crippen molar-refractivity contribution >= 4 is 34.4 Å². The first-order chi connectivity index (χ1) is 17.0. The van der Waals surface area contributed by atoms with Gasteiger partial charge in [-0.2, -0.15) is 5.10 Å². The molecule has 5 rings (SSSR count). The predicted octanol–water partition coefficient (Wildman–Crippen LogP) is 4.27. The number of aromatic nitrogens is 4. The van der Waals surface area contributed by atoms with Crippen molar-refractivity contribution < 1.29 is 13.9 Å². The van der Waals surface area contributed by atoms with Gasteiger partial charge in [0.15, 0.2) is 0 Å². The lowest BCUT2D eigenvalue weighted by atomic mass is 10.0. The second-order valence-corrected chi connectivity index (χ2v) is 8.90. The van der Waals surface area contributed by atoms with Crippen LogP contribution in [0.1, 0.15) is 40.5 Å². The molecule has 1 fully saturated rings. The van der Waals surface area contributed by atoms with Gasteiger partial charge in [-0.15, -0.1) is 0 Å². The summed E-state index contributed by atoms with van der Waals surface area (Å²) in [6, 6.07) is 11.1. The number of amides is 1. The Kier molecular flexibility index (Phi) is 6.61. The zero-order chi connectivity index (χ0) is 24.4. The van der Waals surface area contributed by atoms with E-state index in [1.165, 1.54) is 12.1 Å². The first-order valence-electron chi connectivity index (χ1n) is 11.3. The molecule has 10 heteroatoms. The Balaban J connectivity index is 1.41. The van der Waals surface area contributed by atoms with Crippen molar-refractivity contribution in [2.24, 2.45) is 7.05 Å². The van der Waals surface area contributed by atoms with E-state index in [9.17, 15) is 9.18 Å². The summed E-state index contributed by atoms with van der Waals surface area (Å²) >= 11 is 5.86. The maximum atomic E-state index is 14.2. The molecular formula is C25H24ClFN6O2. The number of nitrogens with zero attached hydrogens (tertiary/aromatic N) is 4. The van der Waals surface area contributed by atoms with Gasteiger partial charge in [-0.3, -0.25) is 9.48 Å². The molecule has 1 atom stereocenters. The van der Waals surface area contributed by atoms with Crippen molar-refractivity contribution in [2.75, 3.05) is 18.5 Å². The van der Waals surface area contributed by atoms with E-state index in [0.717, 1.165) is 18.2 Å². The number of fused-ring (bicyclic) bond motifs is 1. The summed E-state index contributed by atoms with van der Waals surface area (Å²) in [7, 11) is 1.78. The van der Waals surface area contributed by atoms with Gasteiger partial charge in [-0.05, 0) is 48.7 Å². The lowest BCUT2D eigenvalue weighted by Crippen LogP contribution is -2.30. The largest absolute Gasteiger partial charge is 0.381 e. The molecule has 4 aromatic rings. The fourth-order valence-corrected chi connectivity index (χ4v) is 4.20. The van der Waals surface area contributed by atoms with Gasteiger partial charge in [-0.25, -0.2) is 14.4 Å². The second-order valence-electron chi connectivity index (χ2n) is 8.49. The molecule has 0 aliphatic carbocycles. The summed E-state index contributed by atoms with van der Waals surface area (Å²) in [5, 5.41) is 11.6. The fraction of sp³-hybridized carbons (Fsp3) is 0.280. The number of anilines is 1. The van der Waals surface area contributed by atoms with Crippen molar-refractivity contribution in [1.82, 2.24) is 25.1 Å². The van der Waals surface area contributed by atoms with Crippen molar-refractivity contribution in [2.45, 2.75) is 24.9 Å². The Labute approximate surface area is 206 Å². The van der Waals surface area contributed by atoms with Gasteiger partial charge in [0.1, 0.15) is 5.82 Å². The minimum Gasteiger partial charge on any atom is -0.381 e. The molecule has 1 saturated heterocycles. The smallest absolute Gasteiger partial charge is 0.252 e. The number of halogens is 2. The Morgan fingerprint density at radius 3 is 2.77 bits per heavy atom. The van der Waals surface area contributed by atoms with E-state index in [-0.39, 0.29) is 17.0 Å².